The molecule has 0 unspecified atom stereocenters. The summed E-state index contributed by atoms with van der Waals surface area (Å²) in [7, 11) is 0. The van der Waals surface area contributed by atoms with Crippen molar-refractivity contribution in [3.8, 4) is 11.4 Å². The first-order valence-electron chi connectivity index (χ1n) is 6.00. The first-order valence-corrected chi connectivity index (χ1v) is 6.00. The maximum Gasteiger partial charge on any atom is 0.230 e. The molecule has 3 heterocycles. The van der Waals surface area contributed by atoms with Gasteiger partial charge in [-0.15, -0.1) is 0 Å². The van der Waals surface area contributed by atoms with Gasteiger partial charge in [0, 0.05) is 31.0 Å². The van der Waals surface area contributed by atoms with Crippen LogP contribution in [-0.2, 0) is 0 Å². The number of hydrogen-bond acceptors (Lipinski definition) is 6. The normalized spacial score (nSPS) is 15.0. The van der Waals surface area contributed by atoms with E-state index in [0.29, 0.717) is 11.8 Å². The molecule has 0 bridgehead atoms. The Morgan fingerprint density at radius 3 is 2.44 bits per heavy atom. The molecule has 92 valence electrons. The molecule has 0 atom stereocenters. The highest BCUT2D eigenvalue weighted by Gasteiger charge is 2.17. The molecule has 2 N–H and O–H groups in total. The minimum absolute atomic E-state index is 0.263. The lowest BCUT2D eigenvalue weighted by Crippen LogP contribution is -2.21. The summed E-state index contributed by atoms with van der Waals surface area (Å²) in [6, 6.07) is 3.73. The fourth-order valence-corrected chi connectivity index (χ4v) is 2.07. The number of nitrogen functional groups attached to an aromatic ring is 1. The molecule has 0 aliphatic carbocycles. The standard InChI is InChI=1S/C12H14N6/c13-11-15-10(9-3-5-14-6-4-9)16-12(17-11)18-7-1-2-8-18/h3-6H,1-2,7-8H2,(H2,13,15,16,17). The highest BCUT2D eigenvalue weighted by Crippen LogP contribution is 2.20. The number of nitrogens with two attached hydrogens (primary N) is 1. The van der Waals surface area contributed by atoms with Crippen LogP contribution in [0.25, 0.3) is 11.4 Å². The maximum atomic E-state index is 5.76. The maximum absolute atomic E-state index is 5.76. The molecular formula is C12H14N6. The van der Waals surface area contributed by atoms with Gasteiger partial charge >= 0.3 is 0 Å². The van der Waals surface area contributed by atoms with Gasteiger partial charge in [-0.25, -0.2) is 0 Å². The Bertz CT molecular complexity index is 536. The van der Waals surface area contributed by atoms with E-state index in [2.05, 4.69) is 24.8 Å². The van der Waals surface area contributed by atoms with Crippen LogP contribution in [0, 0.1) is 0 Å². The van der Waals surface area contributed by atoms with Crippen molar-refractivity contribution < 1.29 is 0 Å². The Morgan fingerprint density at radius 2 is 1.72 bits per heavy atom. The number of pyridine rings is 1. The third-order valence-electron chi connectivity index (χ3n) is 2.97. The Hall–Kier alpha value is -2.24. The minimum atomic E-state index is 0.263. The Labute approximate surface area is 105 Å². The van der Waals surface area contributed by atoms with Crippen molar-refractivity contribution in [1.82, 2.24) is 19.9 Å². The van der Waals surface area contributed by atoms with E-state index in [-0.39, 0.29) is 5.95 Å². The molecule has 0 radical (unpaired) electrons. The predicted molar refractivity (Wildman–Crippen MR) is 68.9 cm³/mol. The molecule has 0 aromatic carbocycles. The van der Waals surface area contributed by atoms with E-state index in [0.717, 1.165) is 18.7 Å². The van der Waals surface area contributed by atoms with E-state index in [9.17, 15) is 0 Å². The molecule has 2 aromatic heterocycles. The SMILES string of the molecule is Nc1nc(-c2ccncc2)nc(N2CCCC2)n1. The van der Waals surface area contributed by atoms with Crippen molar-refractivity contribution in [2.75, 3.05) is 23.7 Å². The second-order valence-electron chi connectivity index (χ2n) is 4.25. The van der Waals surface area contributed by atoms with Crippen molar-refractivity contribution in [2.45, 2.75) is 12.8 Å². The van der Waals surface area contributed by atoms with Gasteiger partial charge in [0.05, 0.1) is 0 Å². The van der Waals surface area contributed by atoms with Crippen LogP contribution in [0.15, 0.2) is 24.5 Å². The van der Waals surface area contributed by atoms with E-state index in [1.165, 1.54) is 12.8 Å². The van der Waals surface area contributed by atoms with Crippen molar-refractivity contribution in [2.24, 2.45) is 0 Å². The van der Waals surface area contributed by atoms with Crippen molar-refractivity contribution in [3.63, 3.8) is 0 Å². The summed E-state index contributed by atoms with van der Waals surface area (Å²) in [5, 5.41) is 0. The summed E-state index contributed by atoms with van der Waals surface area (Å²) in [4.78, 5) is 19.0. The largest absolute Gasteiger partial charge is 0.368 e. The van der Waals surface area contributed by atoms with E-state index < -0.39 is 0 Å². The molecule has 1 saturated heterocycles. The van der Waals surface area contributed by atoms with Crippen LogP contribution in [0.1, 0.15) is 12.8 Å². The van der Waals surface area contributed by atoms with Crippen molar-refractivity contribution >= 4 is 11.9 Å². The van der Waals surface area contributed by atoms with Gasteiger partial charge in [-0.05, 0) is 25.0 Å². The van der Waals surface area contributed by atoms with Gasteiger partial charge in [0.25, 0.3) is 0 Å². The second kappa shape index (κ2) is 4.56. The number of rotatable bonds is 2. The molecule has 2 aromatic rings. The van der Waals surface area contributed by atoms with Crippen LogP contribution in [-0.4, -0.2) is 33.0 Å². The van der Waals surface area contributed by atoms with Gasteiger partial charge in [-0.1, -0.05) is 0 Å². The summed E-state index contributed by atoms with van der Waals surface area (Å²) in [6.07, 6.45) is 5.78. The summed E-state index contributed by atoms with van der Waals surface area (Å²) < 4.78 is 0. The summed E-state index contributed by atoms with van der Waals surface area (Å²) >= 11 is 0. The predicted octanol–water partition coefficient (Wildman–Crippen LogP) is 1.12. The number of hydrogen-bond donors (Lipinski definition) is 1. The number of aromatic nitrogens is 4. The van der Waals surface area contributed by atoms with Gasteiger partial charge in [-0.2, -0.15) is 15.0 Å². The first-order chi connectivity index (χ1) is 8.83. The molecule has 0 spiro atoms. The quantitative estimate of drug-likeness (QED) is 0.849. The van der Waals surface area contributed by atoms with Crippen LogP contribution in [0.3, 0.4) is 0 Å². The number of nitrogens with zero attached hydrogens (tertiary/aromatic N) is 5. The van der Waals surface area contributed by atoms with Gasteiger partial charge < -0.3 is 10.6 Å². The topological polar surface area (TPSA) is 80.8 Å². The summed E-state index contributed by atoms with van der Waals surface area (Å²) in [6.45, 7) is 1.97. The molecule has 0 saturated carbocycles. The number of anilines is 2. The second-order valence-corrected chi connectivity index (χ2v) is 4.25. The zero-order valence-electron chi connectivity index (χ0n) is 9.95. The monoisotopic (exact) mass is 242 g/mol. The molecule has 1 aliphatic heterocycles. The Balaban J connectivity index is 2.00. The van der Waals surface area contributed by atoms with Gasteiger partial charge in [0.1, 0.15) is 0 Å². The lowest BCUT2D eigenvalue weighted by Gasteiger charge is -2.15. The molecule has 18 heavy (non-hydrogen) atoms. The molecule has 6 heteroatoms. The molecule has 6 nitrogen and oxygen atoms in total. The highest BCUT2D eigenvalue weighted by molar-refractivity contribution is 5.57. The van der Waals surface area contributed by atoms with Crippen molar-refractivity contribution in [1.29, 1.82) is 0 Å². The summed E-state index contributed by atoms with van der Waals surface area (Å²) in [5.41, 5.74) is 6.66. The van der Waals surface area contributed by atoms with Gasteiger partial charge in [0.2, 0.25) is 11.9 Å². The smallest absolute Gasteiger partial charge is 0.230 e. The van der Waals surface area contributed by atoms with E-state index in [4.69, 9.17) is 5.73 Å². The zero-order chi connectivity index (χ0) is 12.4. The molecular weight excluding hydrogens is 228 g/mol. The van der Waals surface area contributed by atoms with Crippen LogP contribution in [0.5, 0.6) is 0 Å². The van der Waals surface area contributed by atoms with E-state index >= 15 is 0 Å². The highest BCUT2D eigenvalue weighted by atomic mass is 15.3. The van der Waals surface area contributed by atoms with Crippen LogP contribution in [0.4, 0.5) is 11.9 Å². The average Bonchev–Trinajstić information content (AvgIpc) is 2.93. The van der Waals surface area contributed by atoms with Crippen LogP contribution in [0.2, 0.25) is 0 Å². The Morgan fingerprint density at radius 1 is 1.00 bits per heavy atom. The average molecular weight is 242 g/mol. The minimum Gasteiger partial charge on any atom is -0.368 e. The lowest BCUT2D eigenvalue weighted by molar-refractivity contribution is 0.887. The first kappa shape index (κ1) is 10.9. The third kappa shape index (κ3) is 2.09. The third-order valence-corrected chi connectivity index (χ3v) is 2.97. The van der Waals surface area contributed by atoms with Crippen LogP contribution >= 0.6 is 0 Å². The Kier molecular flexibility index (Phi) is 2.76. The van der Waals surface area contributed by atoms with Gasteiger partial charge in [0.15, 0.2) is 5.82 Å². The molecule has 3 rings (SSSR count). The van der Waals surface area contributed by atoms with E-state index in [1.807, 2.05) is 12.1 Å². The van der Waals surface area contributed by atoms with E-state index in [1.54, 1.807) is 12.4 Å². The summed E-state index contributed by atoms with van der Waals surface area (Å²) in [5.74, 6) is 1.54. The fraction of sp³-hybridized carbons (Fsp3) is 0.333. The molecule has 1 fully saturated rings. The zero-order valence-corrected chi connectivity index (χ0v) is 9.95. The van der Waals surface area contributed by atoms with Gasteiger partial charge in [-0.3, -0.25) is 4.98 Å². The fourth-order valence-electron chi connectivity index (χ4n) is 2.07. The van der Waals surface area contributed by atoms with Crippen LogP contribution < -0.4 is 10.6 Å². The molecule has 1 aliphatic rings. The molecule has 0 amide bonds. The van der Waals surface area contributed by atoms with Crippen molar-refractivity contribution in [3.05, 3.63) is 24.5 Å². The lowest BCUT2D eigenvalue weighted by atomic mass is 10.2.